The summed E-state index contributed by atoms with van der Waals surface area (Å²) in [6, 6.07) is 8.78. The number of nitrogens with zero attached hydrogens (tertiary/aromatic N) is 2. The van der Waals surface area contributed by atoms with Gasteiger partial charge in [-0.25, -0.2) is 0 Å². The van der Waals surface area contributed by atoms with Crippen LogP contribution in [0.15, 0.2) is 39.8 Å². The van der Waals surface area contributed by atoms with Gasteiger partial charge in [-0.15, -0.1) is 11.8 Å². The molecule has 5 heteroatoms. The quantitative estimate of drug-likeness (QED) is 0.795. The van der Waals surface area contributed by atoms with Crippen molar-refractivity contribution in [3.05, 3.63) is 46.2 Å². The highest BCUT2D eigenvalue weighted by atomic mass is 79.9. The Bertz CT molecular complexity index is 568. The van der Waals surface area contributed by atoms with Crippen molar-refractivity contribution >= 4 is 27.7 Å². The number of aryl methyl sites for hydroxylation is 2. The van der Waals surface area contributed by atoms with E-state index in [1.54, 1.807) is 0 Å². The molecule has 1 unspecified atom stereocenters. The molecule has 0 amide bonds. The predicted molar refractivity (Wildman–Crippen MR) is 89.3 cm³/mol. The van der Waals surface area contributed by atoms with E-state index in [0.717, 1.165) is 16.8 Å². The third-order valence-electron chi connectivity index (χ3n) is 3.31. The van der Waals surface area contributed by atoms with Crippen LogP contribution in [0.3, 0.4) is 0 Å². The molecule has 20 heavy (non-hydrogen) atoms. The molecule has 0 saturated carbocycles. The van der Waals surface area contributed by atoms with E-state index >= 15 is 0 Å². The maximum atomic E-state index is 4.40. The second kappa shape index (κ2) is 7.29. The molecule has 1 atom stereocenters. The molecule has 2 rings (SSSR count). The first-order chi connectivity index (χ1) is 9.67. The van der Waals surface area contributed by atoms with Crippen LogP contribution in [0.25, 0.3) is 0 Å². The molecule has 1 N–H and O–H groups in total. The average molecular weight is 354 g/mol. The number of nitrogens with one attached hydrogen (secondary N) is 1. The van der Waals surface area contributed by atoms with Crippen LogP contribution in [-0.4, -0.2) is 22.6 Å². The summed E-state index contributed by atoms with van der Waals surface area (Å²) in [5.41, 5.74) is 2.55. The Morgan fingerprint density at radius 3 is 2.80 bits per heavy atom. The number of rotatable bonds is 6. The van der Waals surface area contributed by atoms with Crippen molar-refractivity contribution in [2.45, 2.75) is 31.3 Å². The molecule has 0 aliphatic carbocycles. The summed E-state index contributed by atoms with van der Waals surface area (Å²) in [5.74, 6) is 0.978. The molecule has 108 valence electrons. The summed E-state index contributed by atoms with van der Waals surface area (Å²) in [4.78, 5) is 1.34. The summed E-state index contributed by atoms with van der Waals surface area (Å²) in [5, 5.41) is 7.79. The Morgan fingerprint density at radius 1 is 1.40 bits per heavy atom. The lowest BCUT2D eigenvalue weighted by Crippen LogP contribution is -2.22. The Kier molecular flexibility index (Phi) is 5.69. The minimum Gasteiger partial charge on any atom is -0.311 e. The first-order valence-corrected chi connectivity index (χ1v) is 8.52. The molecule has 0 spiro atoms. The van der Waals surface area contributed by atoms with Gasteiger partial charge < -0.3 is 5.32 Å². The Labute approximate surface area is 133 Å². The maximum Gasteiger partial charge on any atom is 0.0704 e. The third-order valence-corrected chi connectivity index (χ3v) is 5.19. The fourth-order valence-corrected chi connectivity index (χ4v) is 3.87. The van der Waals surface area contributed by atoms with Crippen LogP contribution in [0.1, 0.15) is 24.2 Å². The molecule has 1 aromatic heterocycles. The lowest BCUT2D eigenvalue weighted by molar-refractivity contribution is 0.547. The summed E-state index contributed by atoms with van der Waals surface area (Å²) in [7, 11) is 2.00. The van der Waals surface area contributed by atoms with E-state index in [4.69, 9.17) is 0 Å². The largest absolute Gasteiger partial charge is 0.311 e. The van der Waals surface area contributed by atoms with Crippen molar-refractivity contribution in [2.24, 2.45) is 0 Å². The highest BCUT2D eigenvalue weighted by molar-refractivity contribution is 9.10. The van der Waals surface area contributed by atoms with Crippen molar-refractivity contribution in [1.82, 2.24) is 15.1 Å². The van der Waals surface area contributed by atoms with Gasteiger partial charge in [0, 0.05) is 17.2 Å². The molecule has 0 fully saturated rings. The van der Waals surface area contributed by atoms with Gasteiger partial charge in [-0.05, 0) is 48.5 Å². The van der Waals surface area contributed by atoms with Crippen LogP contribution in [0.4, 0.5) is 0 Å². The van der Waals surface area contributed by atoms with E-state index in [-0.39, 0.29) is 6.04 Å². The van der Waals surface area contributed by atoms with E-state index < -0.39 is 0 Å². The summed E-state index contributed by atoms with van der Waals surface area (Å²) >= 11 is 5.49. The highest BCUT2D eigenvalue weighted by Gasteiger charge is 2.18. The summed E-state index contributed by atoms with van der Waals surface area (Å²) in [6.07, 6.45) is 1.88. The molecule has 2 aromatic rings. The van der Waals surface area contributed by atoms with Crippen LogP contribution in [0.5, 0.6) is 0 Å². The first kappa shape index (κ1) is 15.6. The van der Waals surface area contributed by atoms with Gasteiger partial charge in [0.25, 0.3) is 0 Å². The number of thioether (sulfide) groups is 1. The van der Waals surface area contributed by atoms with Gasteiger partial charge in [-0.2, -0.15) is 5.10 Å². The van der Waals surface area contributed by atoms with Crippen molar-refractivity contribution < 1.29 is 0 Å². The Morgan fingerprint density at radius 2 is 2.15 bits per heavy atom. The highest BCUT2D eigenvalue weighted by Crippen LogP contribution is 2.30. The molecule has 3 nitrogen and oxygen atoms in total. The first-order valence-electron chi connectivity index (χ1n) is 6.74. The van der Waals surface area contributed by atoms with Crippen molar-refractivity contribution in [3.8, 4) is 0 Å². The third kappa shape index (κ3) is 3.45. The fourth-order valence-electron chi connectivity index (χ4n) is 2.16. The second-order valence-electron chi connectivity index (χ2n) is 4.61. The molecular weight excluding hydrogens is 334 g/mol. The average Bonchev–Trinajstić information content (AvgIpc) is 2.83. The zero-order valence-electron chi connectivity index (χ0n) is 12.1. The van der Waals surface area contributed by atoms with Crippen molar-refractivity contribution in [2.75, 3.05) is 12.8 Å². The summed E-state index contributed by atoms with van der Waals surface area (Å²) in [6.45, 7) is 5.15. The van der Waals surface area contributed by atoms with Crippen molar-refractivity contribution in [1.29, 1.82) is 0 Å². The van der Waals surface area contributed by atoms with Gasteiger partial charge >= 0.3 is 0 Å². The Balaban J connectivity index is 2.13. The van der Waals surface area contributed by atoms with E-state index in [2.05, 4.69) is 64.5 Å². The number of benzene rings is 1. The molecular formula is C15H20BrN3S. The van der Waals surface area contributed by atoms with E-state index in [0.29, 0.717) is 0 Å². The normalized spacial score (nSPS) is 12.6. The van der Waals surface area contributed by atoms with Crippen LogP contribution in [0, 0.1) is 6.92 Å². The van der Waals surface area contributed by atoms with Crippen LogP contribution < -0.4 is 5.32 Å². The minimum atomic E-state index is 0.274. The molecule has 0 radical (unpaired) electrons. The standard InChI is InChI=1S/C15H20BrN3S/c1-4-19-15(12(16)9-18-19)13(17-3)10-20-14-8-6-5-7-11(14)2/h5-9,13,17H,4,10H2,1-3H3. The molecule has 0 aliphatic heterocycles. The van der Waals surface area contributed by atoms with E-state index in [1.807, 2.05) is 29.7 Å². The zero-order chi connectivity index (χ0) is 14.5. The van der Waals surface area contributed by atoms with Crippen molar-refractivity contribution in [3.63, 3.8) is 0 Å². The van der Waals surface area contributed by atoms with E-state index in [9.17, 15) is 0 Å². The molecule has 1 aromatic carbocycles. The van der Waals surface area contributed by atoms with Crippen LogP contribution in [0.2, 0.25) is 0 Å². The molecule has 0 saturated heterocycles. The zero-order valence-corrected chi connectivity index (χ0v) is 14.5. The lowest BCUT2D eigenvalue weighted by Gasteiger charge is -2.18. The summed E-state index contributed by atoms with van der Waals surface area (Å²) < 4.78 is 3.12. The van der Waals surface area contributed by atoms with Gasteiger partial charge in [0.05, 0.1) is 22.4 Å². The minimum absolute atomic E-state index is 0.274. The molecule has 1 heterocycles. The smallest absolute Gasteiger partial charge is 0.0704 e. The van der Waals surface area contributed by atoms with Gasteiger partial charge in [0.1, 0.15) is 0 Å². The predicted octanol–water partition coefficient (Wildman–Crippen LogP) is 4.03. The van der Waals surface area contributed by atoms with Gasteiger partial charge in [0.15, 0.2) is 0 Å². The SMILES string of the molecule is CCn1ncc(Br)c1C(CSc1ccccc1C)NC. The van der Waals surface area contributed by atoms with Gasteiger partial charge in [-0.3, -0.25) is 4.68 Å². The lowest BCUT2D eigenvalue weighted by atomic mass is 10.2. The monoisotopic (exact) mass is 353 g/mol. The topological polar surface area (TPSA) is 29.9 Å². The second-order valence-corrected chi connectivity index (χ2v) is 6.53. The van der Waals surface area contributed by atoms with Gasteiger partial charge in [0.2, 0.25) is 0 Å². The number of hydrogen-bond donors (Lipinski definition) is 1. The van der Waals surface area contributed by atoms with Crippen LogP contribution in [-0.2, 0) is 6.54 Å². The number of hydrogen-bond acceptors (Lipinski definition) is 3. The molecule has 0 aliphatic rings. The molecule has 0 bridgehead atoms. The maximum absolute atomic E-state index is 4.40. The van der Waals surface area contributed by atoms with Crippen LogP contribution >= 0.6 is 27.7 Å². The van der Waals surface area contributed by atoms with E-state index in [1.165, 1.54) is 16.2 Å². The van der Waals surface area contributed by atoms with Gasteiger partial charge in [-0.1, -0.05) is 18.2 Å². The number of aromatic nitrogens is 2. The number of halogens is 1. The Hall–Kier alpha value is -0.780. The fraction of sp³-hybridized carbons (Fsp3) is 0.400.